The summed E-state index contributed by atoms with van der Waals surface area (Å²) in [6, 6.07) is 0.386. The summed E-state index contributed by atoms with van der Waals surface area (Å²) < 4.78 is 15.0. The van der Waals surface area contributed by atoms with Gasteiger partial charge < -0.3 is 34.6 Å². The van der Waals surface area contributed by atoms with Crippen molar-refractivity contribution in [1.29, 1.82) is 0 Å². The molecule has 2 N–H and O–H groups in total. The number of hydrogen-bond acceptors (Lipinski definition) is 9. The van der Waals surface area contributed by atoms with Gasteiger partial charge >= 0.3 is 11.9 Å². The van der Waals surface area contributed by atoms with Crippen LogP contribution in [-0.2, 0) is 43.0 Å². The predicted octanol–water partition coefficient (Wildman–Crippen LogP) is 2.61. The summed E-state index contributed by atoms with van der Waals surface area (Å²) in [6.07, 6.45) is 1.67. The van der Waals surface area contributed by atoms with Crippen LogP contribution in [0.2, 0.25) is 0 Å². The molecule has 13 heteroatoms. The minimum Gasteiger partial charge on any atom is -0.462 e. The molecule has 0 aromatic carbocycles. The van der Waals surface area contributed by atoms with Crippen molar-refractivity contribution in [3.05, 3.63) is 0 Å². The van der Waals surface area contributed by atoms with Gasteiger partial charge in [-0.2, -0.15) is 0 Å². The first-order valence-electron chi connectivity index (χ1n) is 15.3. The zero-order chi connectivity index (χ0) is 34.8. The van der Waals surface area contributed by atoms with Crippen molar-refractivity contribution in [3.8, 4) is 0 Å². The lowest BCUT2D eigenvalue weighted by Gasteiger charge is -2.23. The first-order chi connectivity index (χ1) is 20.4. The number of nitrogens with one attached hydrogen (secondary N) is 2. The molecule has 44 heavy (non-hydrogen) atoms. The van der Waals surface area contributed by atoms with Crippen molar-refractivity contribution in [2.45, 2.75) is 95.2 Å². The van der Waals surface area contributed by atoms with E-state index >= 15 is 0 Å². The molecule has 0 saturated heterocycles. The minimum atomic E-state index is -0.273. The number of ether oxygens (including phenoxy) is 3. The molecule has 0 spiro atoms. The molecule has 4 amide bonds. The van der Waals surface area contributed by atoms with E-state index in [2.05, 4.69) is 10.6 Å². The lowest BCUT2D eigenvalue weighted by Crippen LogP contribution is -2.40. The van der Waals surface area contributed by atoms with E-state index in [4.69, 9.17) is 14.2 Å². The quantitative estimate of drug-likeness (QED) is 0.0944. The average Bonchev–Trinajstić information content (AvgIpc) is 2.94. The summed E-state index contributed by atoms with van der Waals surface area (Å²) in [7, 11) is 0. The topological polar surface area (TPSA) is 161 Å². The maximum absolute atomic E-state index is 11.0. The highest BCUT2D eigenvalue weighted by Crippen LogP contribution is 1.98. The molecule has 0 atom stereocenters. The van der Waals surface area contributed by atoms with Gasteiger partial charge in [0.1, 0.15) is 13.2 Å². The lowest BCUT2D eigenvalue weighted by atomic mass is 10.2. The van der Waals surface area contributed by atoms with Crippen LogP contribution in [0.1, 0.15) is 83.1 Å². The highest BCUT2D eigenvalue weighted by atomic mass is 16.6. The average molecular weight is 633 g/mol. The van der Waals surface area contributed by atoms with Gasteiger partial charge in [0.05, 0.1) is 31.7 Å². The Kier molecular flexibility index (Phi) is 28.1. The molecule has 0 aromatic rings. The van der Waals surface area contributed by atoms with Crippen molar-refractivity contribution in [1.82, 2.24) is 20.4 Å². The third kappa shape index (κ3) is 26.4. The van der Waals surface area contributed by atoms with Gasteiger partial charge in [0.15, 0.2) is 0 Å². The third-order valence-corrected chi connectivity index (χ3v) is 5.67. The molecular formula is C31H60N4O9. The Morgan fingerprint density at radius 3 is 1.09 bits per heavy atom. The van der Waals surface area contributed by atoms with E-state index in [-0.39, 0.29) is 79.4 Å². The van der Waals surface area contributed by atoms with E-state index in [1.807, 2.05) is 27.7 Å². The molecule has 0 unspecified atom stereocenters. The first-order valence-corrected chi connectivity index (χ1v) is 15.3. The van der Waals surface area contributed by atoms with E-state index in [1.54, 1.807) is 65.2 Å². The second kappa shape index (κ2) is 27.3. The summed E-state index contributed by atoms with van der Waals surface area (Å²) in [5.74, 6) is -1.03. The molecule has 0 aliphatic heterocycles. The first kappa shape index (κ1) is 45.2. The Morgan fingerprint density at radius 1 is 0.545 bits per heavy atom. The summed E-state index contributed by atoms with van der Waals surface area (Å²) >= 11 is 0. The highest BCUT2D eigenvalue weighted by Gasteiger charge is 2.11. The molecule has 13 nitrogen and oxygen atoms in total. The van der Waals surface area contributed by atoms with Gasteiger partial charge in [0.2, 0.25) is 24.6 Å². The van der Waals surface area contributed by atoms with Gasteiger partial charge in [-0.25, -0.2) is 0 Å². The van der Waals surface area contributed by atoms with Gasteiger partial charge in [-0.05, 0) is 27.7 Å². The van der Waals surface area contributed by atoms with Crippen molar-refractivity contribution < 1.29 is 43.0 Å². The molecule has 0 aliphatic carbocycles. The molecule has 0 heterocycles. The zero-order valence-electron chi connectivity index (χ0n) is 29.1. The lowest BCUT2D eigenvalue weighted by molar-refractivity contribution is -0.156. The van der Waals surface area contributed by atoms with Gasteiger partial charge in [0, 0.05) is 37.0 Å². The fourth-order valence-corrected chi connectivity index (χ4v) is 2.55. The summed E-state index contributed by atoms with van der Waals surface area (Å²) in [5.41, 5.74) is 0. The maximum Gasteiger partial charge on any atom is 0.308 e. The number of carbonyl (C=O) groups excluding carboxylic acids is 6. The van der Waals surface area contributed by atoms with Gasteiger partial charge in [-0.15, -0.1) is 0 Å². The van der Waals surface area contributed by atoms with Crippen LogP contribution >= 0.6 is 0 Å². The van der Waals surface area contributed by atoms with Crippen molar-refractivity contribution in [2.24, 2.45) is 23.7 Å². The van der Waals surface area contributed by atoms with Crippen LogP contribution < -0.4 is 10.6 Å². The van der Waals surface area contributed by atoms with E-state index < -0.39 is 0 Å². The number of nitrogens with zero attached hydrogens (tertiary/aromatic N) is 2. The largest absolute Gasteiger partial charge is 0.462 e. The molecule has 258 valence electrons. The Hall–Kier alpha value is -3.22. The van der Waals surface area contributed by atoms with Crippen LogP contribution in [0.3, 0.4) is 0 Å². The van der Waals surface area contributed by atoms with Crippen molar-refractivity contribution in [2.75, 3.05) is 46.2 Å². The van der Waals surface area contributed by atoms with Gasteiger partial charge in [0.25, 0.3) is 0 Å². The molecular weight excluding hydrogens is 572 g/mol. The minimum absolute atomic E-state index is 0.0454. The normalized spacial score (nSPS) is 10.5. The number of amides is 4. The third-order valence-electron chi connectivity index (χ3n) is 5.67. The SMILES string of the molecule is CC(C)C(=O)NCNC(=O)C(C)C.CC(C)C(=O)OCCOC(=O)C(C)C.CC(C)N(C=O)CCOCCN(C=O)C(C)C. The standard InChI is InChI=1S/C12H24N2O3.C10H18O4.C9H18N2O2/c1-11(2)13(9-15)5-7-17-8-6-14(10-16)12(3)4;1-7(2)9(11)13-5-6-14-10(12)8(3)4;1-6(2)8(12)10-5-11-9(13)7(3)4/h9-12H,5-8H2,1-4H3;7-8H,5-6H2,1-4H3;6-7H,5H2,1-4H3,(H,10,12)(H,11,13). The van der Waals surface area contributed by atoms with Crippen LogP contribution in [-0.4, -0.2) is 105 Å². The molecule has 0 aliphatic rings. The van der Waals surface area contributed by atoms with E-state index in [0.717, 1.165) is 12.8 Å². The number of rotatable bonds is 19. The second-order valence-electron chi connectivity index (χ2n) is 11.7. The fraction of sp³-hybridized carbons (Fsp3) is 0.806. The second-order valence-corrected chi connectivity index (χ2v) is 11.7. The Balaban J connectivity index is -0.000000579. The van der Waals surface area contributed by atoms with E-state index in [1.165, 1.54) is 0 Å². The fourth-order valence-electron chi connectivity index (χ4n) is 2.55. The van der Waals surface area contributed by atoms with Crippen LogP contribution in [0.4, 0.5) is 0 Å². The van der Waals surface area contributed by atoms with Gasteiger partial charge in [-0.1, -0.05) is 55.4 Å². The van der Waals surface area contributed by atoms with E-state index in [9.17, 15) is 28.8 Å². The zero-order valence-corrected chi connectivity index (χ0v) is 29.1. The summed E-state index contributed by atoms with van der Waals surface area (Å²) in [4.78, 5) is 68.7. The molecule has 0 radical (unpaired) electrons. The summed E-state index contributed by atoms with van der Waals surface area (Å²) in [5, 5.41) is 5.19. The smallest absolute Gasteiger partial charge is 0.308 e. The van der Waals surface area contributed by atoms with Crippen molar-refractivity contribution >= 4 is 36.6 Å². The van der Waals surface area contributed by atoms with E-state index in [0.29, 0.717) is 26.3 Å². The number of carbonyl (C=O) groups is 6. The highest BCUT2D eigenvalue weighted by molar-refractivity contribution is 5.80. The maximum atomic E-state index is 11.0. The Labute approximate surface area is 265 Å². The molecule has 0 bridgehead atoms. The monoisotopic (exact) mass is 632 g/mol. The van der Waals surface area contributed by atoms with Crippen LogP contribution in [0, 0.1) is 23.7 Å². The summed E-state index contributed by atoms with van der Waals surface area (Å²) in [6.45, 7) is 24.7. The van der Waals surface area contributed by atoms with Crippen LogP contribution in [0.15, 0.2) is 0 Å². The Morgan fingerprint density at radius 2 is 0.864 bits per heavy atom. The number of esters is 2. The van der Waals surface area contributed by atoms with Crippen LogP contribution in [0.5, 0.6) is 0 Å². The molecule has 0 fully saturated rings. The van der Waals surface area contributed by atoms with Gasteiger partial charge in [-0.3, -0.25) is 28.8 Å². The Bertz CT molecular complexity index is 752. The molecule has 0 aromatic heterocycles. The van der Waals surface area contributed by atoms with Crippen molar-refractivity contribution in [3.63, 3.8) is 0 Å². The molecule has 0 rings (SSSR count). The predicted molar refractivity (Wildman–Crippen MR) is 169 cm³/mol. The van der Waals surface area contributed by atoms with Crippen LogP contribution in [0.25, 0.3) is 0 Å². The number of hydrogen-bond donors (Lipinski definition) is 2. The molecule has 0 saturated carbocycles.